The fraction of sp³-hybridized carbons (Fsp3) is 0.364. The summed E-state index contributed by atoms with van der Waals surface area (Å²) in [5.74, 6) is -1.72. The largest absolute Gasteiger partial charge is 0.478 e. The number of ether oxygens (including phenoxy) is 1. The fourth-order valence-electron chi connectivity index (χ4n) is 1.33. The number of carboxylic acid groups (broad SMARTS) is 1. The molecule has 0 saturated carbocycles. The van der Waals surface area contributed by atoms with Gasteiger partial charge in [0.25, 0.3) is 0 Å². The van der Waals surface area contributed by atoms with Gasteiger partial charge >= 0.3 is 5.97 Å². The van der Waals surface area contributed by atoms with Gasteiger partial charge in [-0.2, -0.15) is 0 Å². The molecule has 0 aromatic heterocycles. The molecule has 1 aromatic rings. The quantitative estimate of drug-likeness (QED) is 0.678. The number of hydrogen-bond acceptors (Lipinski definition) is 2. The highest BCUT2D eigenvalue weighted by Gasteiger charge is 2.24. The summed E-state index contributed by atoms with van der Waals surface area (Å²) in [5.41, 5.74) is 0.435. The van der Waals surface area contributed by atoms with E-state index in [0.29, 0.717) is 12.2 Å². The second-order valence-corrected chi connectivity index (χ2v) is 5.44. The molecule has 3 nitrogen and oxygen atoms in total. The first-order valence-corrected chi connectivity index (χ1v) is 5.82. The Labute approximate surface area is 107 Å². The second-order valence-electron chi connectivity index (χ2n) is 3.38. The van der Waals surface area contributed by atoms with Crippen LogP contribution >= 0.6 is 22.6 Å². The molecular formula is C11H12FIO3. The predicted molar refractivity (Wildman–Crippen MR) is 66.4 cm³/mol. The lowest BCUT2D eigenvalue weighted by atomic mass is 10.1. The van der Waals surface area contributed by atoms with E-state index in [-0.39, 0.29) is 5.56 Å². The number of halogens is 2. The minimum absolute atomic E-state index is 0.0717. The average Bonchev–Trinajstić information content (AvgIpc) is 2.16. The third-order valence-corrected chi connectivity index (χ3v) is 3.01. The molecule has 0 aliphatic rings. The van der Waals surface area contributed by atoms with Crippen LogP contribution in [-0.4, -0.2) is 17.7 Å². The zero-order valence-corrected chi connectivity index (χ0v) is 11.1. The summed E-state index contributed by atoms with van der Waals surface area (Å²) >= 11 is 2.02. The van der Waals surface area contributed by atoms with E-state index in [9.17, 15) is 9.18 Å². The van der Waals surface area contributed by atoms with Gasteiger partial charge in [-0.25, -0.2) is 9.18 Å². The average molecular weight is 338 g/mol. The van der Waals surface area contributed by atoms with Gasteiger partial charge in [0.2, 0.25) is 0 Å². The Hall–Kier alpha value is -0.690. The zero-order chi connectivity index (χ0) is 12.3. The van der Waals surface area contributed by atoms with Crippen LogP contribution in [0.15, 0.2) is 18.2 Å². The van der Waals surface area contributed by atoms with Crippen molar-refractivity contribution in [1.82, 2.24) is 0 Å². The maximum Gasteiger partial charge on any atom is 0.335 e. The first-order chi connectivity index (χ1) is 7.36. The van der Waals surface area contributed by atoms with Crippen LogP contribution in [0.4, 0.5) is 4.39 Å². The molecule has 16 heavy (non-hydrogen) atoms. The van der Waals surface area contributed by atoms with Crippen molar-refractivity contribution < 1.29 is 19.0 Å². The topological polar surface area (TPSA) is 46.5 Å². The standard InChI is InChI=1S/C11H12FIO3/c1-3-16-11(2,13)8-4-7(10(14)15)5-9(12)6-8/h4-6H,3H2,1-2H3,(H,14,15)/t11-/m0/s1. The van der Waals surface area contributed by atoms with Crippen LogP contribution in [0.25, 0.3) is 0 Å². The van der Waals surface area contributed by atoms with Crippen molar-refractivity contribution in [3.8, 4) is 0 Å². The van der Waals surface area contributed by atoms with Gasteiger partial charge in [0.1, 0.15) is 9.43 Å². The zero-order valence-electron chi connectivity index (χ0n) is 8.96. The van der Waals surface area contributed by atoms with Crippen LogP contribution in [0.3, 0.4) is 0 Å². The molecule has 0 saturated heterocycles. The summed E-state index contributed by atoms with van der Waals surface area (Å²) in [6.45, 7) is 4.06. The summed E-state index contributed by atoms with van der Waals surface area (Å²) < 4.78 is 17.9. The van der Waals surface area contributed by atoms with Crippen molar-refractivity contribution in [2.45, 2.75) is 17.5 Å². The highest BCUT2D eigenvalue weighted by molar-refractivity contribution is 14.1. The number of rotatable bonds is 4. The maximum absolute atomic E-state index is 13.2. The molecule has 88 valence electrons. The van der Waals surface area contributed by atoms with Gasteiger partial charge in [0.05, 0.1) is 5.56 Å². The van der Waals surface area contributed by atoms with Crippen molar-refractivity contribution in [3.63, 3.8) is 0 Å². The molecule has 0 spiro atoms. The number of alkyl halides is 1. The van der Waals surface area contributed by atoms with Crippen molar-refractivity contribution in [1.29, 1.82) is 0 Å². The van der Waals surface area contributed by atoms with E-state index in [1.54, 1.807) is 6.92 Å². The van der Waals surface area contributed by atoms with Gasteiger partial charge < -0.3 is 9.84 Å². The van der Waals surface area contributed by atoms with Gasteiger partial charge in [-0.3, -0.25) is 0 Å². The van der Waals surface area contributed by atoms with Crippen molar-refractivity contribution >= 4 is 28.6 Å². The fourth-order valence-corrected chi connectivity index (χ4v) is 1.95. The highest BCUT2D eigenvalue weighted by Crippen LogP contribution is 2.33. The highest BCUT2D eigenvalue weighted by atomic mass is 127. The number of aromatic carboxylic acids is 1. The van der Waals surface area contributed by atoms with Crippen LogP contribution in [-0.2, 0) is 8.34 Å². The molecule has 1 aromatic carbocycles. The molecule has 0 radical (unpaired) electrons. The lowest BCUT2D eigenvalue weighted by Crippen LogP contribution is -2.18. The van der Waals surface area contributed by atoms with E-state index in [4.69, 9.17) is 9.84 Å². The lowest BCUT2D eigenvalue weighted by Gasteiger charge is -2.23. The molecule has 0 heterocycles. The molecule has 1 atom stereocenters. The van der Waals surface area contributed by atoms with Crippen LogP contribution in [0.2, 0.25) is 0 Å². The normalized spacial score (nSPS) is 14.5. The molecule has 0 unspecified atom stereocenters. The summed E-state index contributed by atoms with van der Waals surface area (Å²) in [5, 5.41) is 8.82. The van der Waals surface area contributed by atoms with Crippen molar-refractivity contribution in [2.75, 3.05) is 6.61 Å². The number of benzene rings is 1. The van der Waals surface area contributed by atoms with Gasteiger partial charge in [-0.05, 0) is 60.2 Å². The van der Waals surface area contributed by atoms with Crippen LogP contribution in [0.5, 0.6) is 0 Å². The van der Waals surface area contributed by atoms with E-state index in [1.165, 1.54) is 12.1 Å². The Morgan fingerprint density at radius 3 is 2.69 bits per heavy atom. The Balaban J connectivity index is 3.19. The minimum atomic E-state index is -1.15. The smallest absolute Gasteiger partial charge is 0.335 e. The van der Waals surface area contributed by atoms with E-state index < -0.39 is 15.4 Å². The Kier molecular flexibility index (Phi) is 4.26. The lowest BCUT2D eigenvalue weighted by molar-refractivity contribution is 0.0602. The van der Waals surface area contributed by atoms with Gasteiger partial charge in [-0.1, -0.05) is 0 Å². The molecule has 1 rings (SSSR count). The molecule has 0 aliphatic heterocycles. The van der Waals surface area contributed by atoms with E-state index in [1.807, 2.05) is 29.5 Å². The van der Waals surface area contributed by atoms with Crippen molar-refractivity contribution in [3.05, 3.63) is 35.1 Å². The van der Waals surface area contributed by atoms with Crippen LogP contribution < -0.4 is 0 Å². The SMILES string of the molecule is CCO[C@](C)(I)c1cc(F)cc(C(=O)O)c1. The Morgan fingerprint density at radius 2 is 2.19 bits per heavy atom. The van der Waals surface area contributed by atoms with Crippen LogP contribution in [0, 0.1) is 5.82 Å². The second kappa shape index (κ2) is 5.09. The molecule has 5 heteroatoms. The van der Waals surface area contributed by atoms with E-state index in [0.717, 1.165) is 6.07 Å². The first-order valence-electron chi connectivity index (χ1n) is 4.74. The Bertz CT molecular complexity index is 404. The molecule has 0 amide bonds. The number of hydrogen-bond donors (Lipinski definition) is 1. The van der Waals surface area contributed by atoms with Gasteiger partial charge in [-0.15, -0.1) is 0 Å². The molecule has 1 N–H and O–H groups in total. The van der Waals surface area contributed by atoms with Crippen molar-refractivity contribution in [2.24, 2.45) is 0 Å². The van der Waals surface area contributed by atoms with Gasteiger partial charge in [0, 0.05) is 6.61 Å². The molecule has 0 bridgehead atoms. The summed E-state index contributed by atoms with van der Waals surface area (Å²) in [6, 6.07) is 3.70. The number of carbonyl (C=O) groups is 1. The third-order valence-electron chi connectivity index (χ3n) is 2.08. The summed E-state index contributed by atoms with van der Waals surface area (Å²) in [7, 11) is 0. The minimum Gasteiger partial charge on any atom is -0.478 e. The molecular weight excluding hydrogens is 326 g/mol. The summed E-state index contributed by atoms with van der Waals surface area (Å²) in [4.78, 5) is 10.8. The van der Waals surface area contributed by atoms with Crippen LogP contribution in [0.1, 0.15) is 29.8 Å². The first kappa shape index (κ1) is 13.4. The predicted octanol–water partition coefficient (Wildman–Crippen LogP) is 3.17. The monoisotopic (exact) mass is 338 g/mol. The van der Waals surface area contributed by atoms with Gasteiger partial charge in [0.15, 0.2) is 0 Å². The Morgan fingerprint density at radius 1 is 1.56 bits per heavy atom. The number of carboxylic acids is 1. The molecule has 0 fully saturated rings. The molecule has 0 aliphatic carbocycles. The maximum atomic E-state index is 13.2. The third kappa shape index (κ3) is 3.15. The van der Waals surface area contributed by atoms with E-state index >= 15 is 0 Å². The van der Waals surface area contributed by atoms with E-state index in [2.05, 4.69) is 0 Å². The summed E-state index contributed by atoms with van der Waals surface area (Å²) in [6.07, 6.45) is 0.